The molecule has 1 N–H and O–H groups in total. The fourth-order valence-electron chi connectivity index (χ4n) is 2.62. The van der Waals surface area contributed by atoms with Crippen molar-refractivity contribution in [1.82, 2.24) is 9.78 Å². The fourth-order valence-corrected chi connectivity index (χ4v) is 3.14. The van der Waals surface area contributed by atoms with Crippen LogP contribution in [0.2, 0.25) is 0 Å². The summed E-state index contributed by atoms with van der Waals surface area (Å²) in [5.41, 5.74) is 4.47. The molecule has 1 aromatic heterocycles. The lowest BCUT2D eigenvalue weighted by Crippen LogP contribution is -2.04. The Labute approximate surface area is 145 Å². The number of rotatable bonds is 5. The van der Waals surface area contributed by atoms with E-state index in [1.165, 1.54) is 5.56 Å². The van der Waals surface area contributed by atoms with Crippen LogP contribution in [0.25, 0.3) is 11.3 Å². The zero-order valence-electron chi connectivity index (χ0n) is 14.1. The van der Waals surface area contributed by atoms with Crippen molar-refractivity contribution in [3.05, 3.63) is 65.7 Å². The van der Waals surface area contributed by atoms with Gasteiger partial charge in [-0.15, -0.1) is 0 Å². The second-order valence-electron chi connectivity index (χ2n) is 5.80. The van der Waals surface area contributed by atoms with E-state index in [1.54, 1.807) is 6.26 Å². The van der Waals surface area contributed by atoms with Gasteiger partial charge in [-0.3, -0.25) is 8.89 Å². The molecule has 2 aromatic carbocycles. The van der Waals surface area contributed by atoms with Crippen LogP contribution in [-0.2, 0) is 24.4 Å². The van der Waals surface area contributed by atoms with Crippen molar-refractivity contribution in [1.29, 1.82) is 0 Å². The van der Waals surface area contributed by atoms with Crippen molar-refractivity contribution in [2.45, 2.75) is 18.4 Å². The number of hydrogen-bond acceptors (Lipinski definition) is 3. The summed E-state index contributed by atoms with van der Waals surface area (Å²) in [4.78, 5) is 0.848. The average molecular weight is 339 g/mol. The lowest BCUT2D eigenvalue weighted by Gasteiger charge is -2.06. The molecule has 3 rings (SSSR count). The Kier molecular flexibility index (Phi) is 4.81. The summed E-state index contributed by atoms with van der Waals surface area (Å²) in [6.07, 6.45) is 1.69. The van der Waals surface area contributed by atoms with Crippen LogP contribution in [-0.4, -0.2) is 20.2 Å². The van der Waals surface area contributed by atoms with E-state index in [2.05, 4.69) is 35.5 Å². The van der Waals surface area contributed by atoms with Gasteiger partial charge >= 0.3 is 0 Å². The largest absolute Gasteiger partial charge is 0.366 e. The van der Waals surface area contributed by atoms with E-state index in [4.69, 9.17) is 0 Å². The molecule has 0 spiro atoms. The lowest BCUT2D eigenvalue weighted by atomic mass is 10.1. The van der Waals surface area contributed by atoms with Crippen molar-refractivity contribution in [2.24, 2.45) is 7.05 Å². The number of nitrogens with zero attached hydrogens (tertiary/aromatic N) is 2. The molecule has 0 aliphatic rings. The molecule has 1 atom stereocenters. The highest BCUT2D eigenvalue weighted by atomic mass is 32.2. The van der Waals surface area contributed by atoms with Crippen molar-refractivity contribution >= 4 is 16.6 Å². The molecule has 5 heteroatoms. The maximum absolute atomic E-state index is 11.4. The highest BCUT2D eigenvalue weighted by molar-refractivity contribution is 7.84. The third-order valence-corrected chi connectivity index (χ3v) is 4.97. The molecule has 0 fully saturated rings. The minimum absolute atomic E-state index is 0.698. The maximum atomic E-state index is 11.4. The molecule has 0 aliphatic carbocycles. The van der Waals surface area contributed by atoms with Crippen molar-refractivity contribution < 1.29 is 4.21 Å². The smallest absolute Gasteiger partial charge is 0.124 e. The van der Waals surface area contributed by atoms with Crippen LogP contribution in [0.4, 0.5) is 5.82 Å². The monoisotopic (exact) mass is 339 g/mol. The first-order valence-corrected chi connectivity index (χ1v) is 9.36. The van der Waals surface area contributed by atoms with Gasteiger partial charge in [0, 0.05) is 47.2 Å². The zero-order chi connectivity index (χ0) is 17.1. The second kappa shape index (κ2) is 7.01. The van der Waals surface area contributed by atoms with Gasteiger partial charge in [-0.1, -0.05) is 36.4 Å². The standard InChI is InChI=1S/C19H21N3OS/c1-14-6-4-5-7-17(14)18-12-19(22(2)21-18)20-13-15-8-10-16(11-9-15)24(3)23/h4-12,20H,13H2,1-3H3/t24-/m0/s1. The Morgan fingerprint density at radius 1 is 1.12 bits per heavy atom. The summed E-state index contributed by atoms with van der Waals surface area (Å²) in [7, 11) is 1.00. The summed E-state index contributed by atoms with van der Waals surface area (Å²) in [5.74, 6) is 0.969. The van der Waals surface area contributed by atoms with Gasteiger partial charge in [-0.25, -0.2) is 0 Å². The minimum Gasteiger partial charge on any atom is -0.366 e. The van der Waals surface area contributed by atoms with E-state index in [9.17, 15) is 4.21 Å². The summed E-state index contributed by atoms with van der Waals surface area (Å²) in [6.45, 7) is 2.79. The quantitative estimate of drug-likeness (QED) is 0.770. The van der Waals surface area contributed by atoms with Crippen LogP contribution in [0.5, 0.6) is 0 Å². The normalized spacial score (nSPS) is 12.1. The van der Waals surface area contributed by atoms with Crippen LogP contribution >= 0.6 is 0 Å². The Morgan fingerprint density at radius 3 is 2.50 bits per heavy atom. The molecule has 0 aliphatic heterocycles. The van der Waals surface area contributed by atoms with Gasteiger partial charge < -0.3 is 5.32 Å². The molecule has 0 saturated carbocycles. The Hall–Kier alpha value is -2.40. The van der Waals surface area contributed by atoms with Gasteiger partial charge in [0.25, 0.3) is 0 Å². The summed E-state index contributed by atoms with van der Waals surface area (Å²) < 4.78 is 13.3. The summed E-state index contributed by atoms with van der Waals surface area (Å²) in [6, 6.07) is 18.1. The molecular weight excluding hydrogens is 318 g/mol. The number of nitrogens with one attached hydrogen (secondary N) is 1. The van der Waals surface area contributed by atoms with Crippen LogP contribution in [0.15, 0.2) is 59.5 Å². The van der Waals surface area contributed by atoms with Gasteiger partial charge in [0.2, 0.25) is 0 Å². The van der Waals surface area contributed by atoms with Crippen LogP contribution in [0, 0.1) is 6.92 Å². The first kappa shape index (κ1) is 16.5. The van der Waals surface area contributed by atoms with E-state index in [0.717, 1.165) is 27.5 Å². The van der Waals surface area contributed by atoms with E-state index in [-0.39, 0.29) is 0 Å². The SMILES string of the molecule is Cc1ccccc1-c1cc(NCc2ccc([S@](C)=O)cc2)n(C)n1. The topological polar surface area (TPSA) is 46.9 Å². The van der Waals surface area contributed by atoms with Crippen molar-refractivity contribution in [3.8, 4) is 11.3 Å². The molecule has 0 radical (unpaired) electrons. The molecule has 0 saturated heterocycles. The number of benzene rings is 2. The molecule has 4 nitrogen and oxygen atoms in total. The van der Waals surface area contributed by atoms with E-state index in [0.29, 0.717) is 6.54 Å². The van der Waals surface area contributed by atoms with Crippen LogP contribution < -0.4 is 5.32 Å². The van der Waals surface area contributed by atoms with E-state index >= 15 is 0 Å². The third kappa shape index (κ3) is 3.57. The average Bonchev–Trinajstić information content (AvgIpc) is 2.94. The maximum Gasteiger partial charge on any atom is 0.124 e. The summed E-state index contributed by atoms with van der Waals surface area (Å²) in [5, 5.41) is 8.02. The fraction of sp³-hybridized carbons (Fsp3) is 0.211. The minimum atomic E-state index is -0.935. The zero-order valence-corrected chi connectivity index (χ0v) is 14.9. The Morgan fingerprint density at radius 2 is 1.83 bits per heavy atom. The third-order valence-electron chi connectivity index (χ3n) is 4.03. The lowest BCUT2D eigenvalue weighted by molar-refractivity contribution is 0.687. The first-order chi connectivity index (χ1) is 11.5. The predicted octanol–water partition coefficient (Wildman–Crippen LogP) is 3.75. The molecule has 1 heterocycles. The molecule has 0 amide bonds. The molecule has 24 heavy (non-hydrogen) atoms. The molecule has 124 valence electrons. The molecule has 3 aromatic rings. The van der Waals surface area contributed by atoms with Gasteiger partial charge in [0.05, 0.1) is 5.69 Å². The molecular formula is C19H21N3OS. The highest BCUT2D eigenvalue weighted by Gasteiger charge is 2.09. The predicted molar refractivity (Wildman–Crippen MR) is 99.5 cm³/mol. The summed E-state index contributed by atoms with van der Waals surface area (Å²) >= 11 is 0. The van der Waals surface area contributed by atoms with Gasteiger partial charge in [-0.05, 0) is 30.2 Å². The second-order valence-corrected chi connectivity index (χ2v) is 7.18. The van der Waals surface area contributed by atoms with Crippen LogP contribution in [0.3, 0.4) is 0 Å². The first-order valence-electron chi connectivity index (χ1n) is 7.81. The number of aromatic nitrogens is 2. The van der Waals surface area contributed by atoms with Gasteiger partial charge in [0.1, 0.15) is 5.82 Å². The Balaban J connectivity index is 1.74. The van der Waals surface area contributed by atoms with Gasteiger partial charge in [-0.2, -0.15) is 5.10 Å². The number of aryl methyl sites for hydroxylation is 2. The molecule has 0 unspecified atom stereocenters. The van der Waals surface area contributed by atoms with Crippen molar-refractivity contribution in [3.63, 3.8) is 0 Å². The van der Waals surface area contributed by atoms with E-state index in [1.807, 2.05) is 48.1 Å². The molecule has 0 bridgehead atoms. The van der Waals surface area contributed by atoms with Gasteiger partial charge in [0.15, 0.2) is 0 Å². The van der Waals surface area contributed by atoms with Crippen LogP contribution in [0.1, 0.15) is 11.1 Å². The number of hydrogen-bond donors (Lipinski definition) is 1. The Bertz CT molecular complexity index is 869. The number of anilines is 1. The highest BCUT2D eigenvalue weighted by Crippen LogP contribution is 2.24. The van der Waals surface area contributed by atoms with E-state index < -0.39 is 10.8 Å². The van der Waals surface area contributed by atoms with Crippen molar-refractivity contribution in [2.75, 3.05) is 11.6 Å².